The van der Waals surface area contributed by atoms with E-state index in [9.17, 15) is 10.1 Å². The zero-order valence-electron chi connectivity index (χ0n) is 15.2. The van der Waals surface area contributed by atoms with Crippen LogP contribution in [0.5, 0.6) is 0 Å². The lowest BCUT2D eigenvalue weighted by atomic mass is 10.1. The summed E-state index contributed by atoms with van der Waals surface area (Å²) < 4.78 is 9.26. The van der Waals surface area contributed by atoms with Gasteiger partial charge in [0, 0.05) is 23.3 Å². The quantitative estimate of drug-likeness (QED) is 0.312. The Morgan fingerprint density at radius 1 is 1.25 bits per heavy atom. The predicted molar refractivity (Wildman–Crippen MR) is 112 cm³/mol. The van der Waals surface area contributed by atoms with Crippen molar-refractivity contribution in [2.45, 2.75) is 17.2 Å². The van der Waals surface area contributed by atoms with Gasteiger partial charge in [-0.25, -0.2) is 4.79 Å². The molecule has 0 aliphatic carbocycles. The summed E-state index contributed by atoms with van der Waals surface area (Å²) in [4.78, 5) is 17.2. The van der Waals surface area contributed by atoms with Gasteiger partial charge in [-0.05, 0) is 35.3 Å². The summed E-state index contributed by atoms with van der Waals surface area (Å²) in [6.07, 6.45) is 2.35. The fourth-order valence-corrected chi connectivity index (χ4v) is 4.42. The monoisotopic (exact) mass is 407 g/mol. The minimum absolute atomic E-state index is 0.368. The first-order valence-electron chi connectivity index (χ1n) is 8.48. The molecule has 0 radical (unpaired) electrons. The van der Waals surface area contributed by atoms with Gasteiger partial charge in [0.05, 0.1) is 18.4 Å². The van der Waals surface area contributed by atoms with Gasteiger partial charge in [0.2, 0.25) is 0 Å². The SMILES string of the molecule is COC(=O)c1ccccc1CSc1nsc(CC=Nc2ccccc2)c1C#N. The van der Waals surface area contributed by atoms with Crippen molar-refractivity contribution in [1.29, 1.82) is 5.26 Å². The van der Waals surface area contributed by atoms with Crippen molar-refractivity contribution in [3.05, 3.63) is 76.2 Å². The number of nitriles is 1. The van der Waals surface area contributed by atoms with Gasteiger partial charge in [-0.15, -0.1) is 0 Å². The first kappa shape index (κ1) is 19.8. The smallest absolute Gasteiger partial charge is 0.338 e. The second-order valence-electron chi connectivity index (χ2n) is 5.69. The largest absolute Gasteiger partial charge is 0.465 e. The van der Waals surface area contributed by atoms with E-state index in [2.05, 4.69) is 15.4 Å². The molecule has 1 heterocycles. The maximum atomic E-state index is 11.9. The van der Waals surface area contributed by atoms with Crippen LogP contribution in [-0.2, 0) is 16.9 Å². The number of benzene rings is 2. The highest BCUT2D eigenvalue weighted by Gasteiger charge is 2.16. The number of para-hydroxylation sites is 1. The second kappa shape index (κ2) is 9.83. The molecule has 7 heteroatoms. The van der Waals surface area contributed by atoms with Crippen LogP contribution in [0.1, 0.15) is 26.4 Å². The number of esters is 1. The molecular formula is C21H17N3O2S2. The molecule has 0 N–H and O–H groups in total. The van der Waals surface area contributed by atoms with E-state index in [4.69, 9.17) is 4.74 Å². The fraction of sp³-hybridized carbons (Fsp3) is 0.143. The van der Waals surface area contributed by atoms with Gasteiger partial charge in [-0.3, -0.25) is 4.99 Å². The van der Waals surface area contributed by atoms with Gasteiger partial charge in [0.1, 0.15) is 16.7 Å². The Morgan fingerprint density at radius 2 is 2.00 bits per heavy atom. The van der Waals surface area contributed by atoms with Crippen molar-refractivity contribution in [2.75, 3.05) is 7.11 Å². The van der Waals surface area contributed by atoms with E-state index in [0.717, 1.165) is 16.1 Å². The van der Waals surface area contributed by atoms with Crippen LogP contribution in [0.4, 0.5) is 5.69 Å². The van der Waals surface area contributed by atoms with Crippen molar-refractivity contribution >= 4 is 41.2 Å². The Morgan fingerprint density at radius 3 is 2.75 bits per heavy atom. The van der Waals surface area contributed by atoms with Gasteiger partial charge < -0.3 is 4.74 Å². The average Bonchev–Trinajstić information content (AvgIpc) is 3.14. The third-order valence-electron chi connectivity index (χ3n) is 3.90. The summed E-state index contributed by atoms with van der Waals surface area (Å²) in [5.74, 6) is 0.161. The molecule has 0 aliphatic heterocycles. The van der Waals surface area contributed by atoms with E-state index < -0.39 is 0 Å². The highest BCUT2D eigenvalue weighted by Crippen LogP contribution is 2.30. The highest BCUT2D eigenvalue weighted by atomic mass is 32.2. The van der Waals surface area contributed by atoms with Crippen LogP contribution in [-0.4, -0.2) is 23.7 Å². The maximum absolute atomic E-state index is 11.9. The minimum atomic E-state index is -0.368. The summed E-state index contributed by atoms with van der Waals surface area (Å²) in [6.45, 7) is 0. The second-order valence-corrected chi connectivity index (χ2v) is 7.51. The molecule has 3 rings (SSSR count). The Kier molecular flexibility index (Phi) is 6.95. The molecule has 0 saturated heterocycles. The number of nitrogens with zero attached hydrogens (tertiary/aromatic N) is 3. The Bertz CT molecular complexity index is 1020. The summed E-state index contributed by atoms with van der Waals surface area (Å²) in [5, 5.41) is 10.2. The number of aliphatic imine (C=N–C) groups is 1. The van der Waals surface area contributed by atoms with E-state index >= 15 is 0 Å². The lowest BCUT2D eigenvalue weighted by Crippen LogP contribution is -2.04. The summed E-state index contributed by atoms with van der Waals surface area (Å²) in [6, 6.07) is 19.2. The van der Waals surface area contributed by atoms with E-state index in [1.54, 1.807) is 18.3 Å². The fourth-order valence-electron chi connectivity index (χ4n) is 2.50. The van der Waals surface area contributed by atoms with Crippen LogP contribution < -0.4 is 0 Å². The zero-order chi connectivity index (χ0) is 19.8. The van der Waals surface area contributed by atoms with E-state index in [1.807, 2.05) is 42.5 Å². The molecule has 0 aliphatic rings. The number of hydrogen-bond acceptors (Lipinski definition) is 7. The van der Waals surface area contributed by atoms with Crippen LogP contribution in [0.25, 0.3) is 0 Å². The molecule has 0 amide bonds. The Hall–Kier alpha value is -2.95. The highest BCUT2D eigenvalue weighted by molar-refractivity contribution is 7.98. The van der Waals surface area contributed by atoms with Gasteiger partial charge in [-0.2, -0.15) is 9.64 Å². The number of thioether (sulfide) groups is 1. The molecule has 0 saturated carbocycles. The number of ether oxygens (including phenoxy) is 1. The molecule has 5 nitrogen and oxygen atoms in total. The first-order valence-corrected chi connectivity index (χ1v) is 10.2. The van der Waals surface area contributed by atoms with Gasteiger partial charge >= 0.3 is 5.97 Å². The maximum Gasteiger partial charge on any atom is 0.338 e. The summed E-state index contributed by atoms with van der Waals surface area (Å²) in [7, 11) is 1.36. The topological polar surface area (TPSA) is 75.3 Å². The van der Waals surface area contributed by atoms with Crippen molar-refractivity contribution in [2.24, 2.45) is 4.99 Å². The van der Waals surface area contributed by atoms with Crippen LogP contribution in [0.15, 0.2) is 64.6 Å². The van der Waals surface area contributed by atoms with Crippen LogP contribution in [0.3, 0.4) is 0 Å². The molecule has 1 aromatic heterocycles. The molecule has 2 aromatic carbocycles. The zero-order valence-corrected chi connectivity index (χ0v) is 16.8. The summed E-state index contributed by atoms with van der Waals surface area (Å²) >= 11 is 2.75. The normalized spacial score (nSPS) is 10.7. The van der Waals surface area contributed by atoms with E-state index in [0.29, 0.717) is 28.3 Å². The lowest BCUT2D eigenvalue weighted by Gasteiger charge is -2.06. The third-order valence-corrected chi connectivity index (χ3v) is 5.91. The van der Waals surface area contributed by atoms with Crippen molar-refractivity contribution in [1.82, 2.24) is 4.37 Å². The molecule has 0 bridgehead atoms. The molecule has 3 aromatic rings. The summed E-state index contributed by atoms with van der Waals surface area (Å²) in [5.41, 5.74) is 2.83. The molecule has 0 fully saturated rings. The third kappa shape index (κ3) is 4.85. The van der Waals surface area contributed by atoms with Crippen molar-refractivity contribution in [3.63, 3.8) is 0 Å². The molecule has 0 unspecified atom stereocenters. The van der Waals surface area contributed by atoms with Crippen LogP contribution in [0, 0.1) is 11.3 Å². The van der Waals surface area contributed by atoms with Gasteiger partial charge in [0.25, 0.3) is 0 Å². The van der Waals surface area contributed by atoms with E-state index in [1.165, 1.54) is 30.4 Å². The molecule has 0 spiro atoms. The van der Waals surface area contributed by atoms with Crippen LogP contribution in [0.2, 0.25) is 0 Å². The number of hydrogen-bond donors (Lipinski definition) is 0. The molecular weight excluding hydrogens is 390 g/mol. The van der Waals surface area contributed by atoms with Crippen LogP contribution >= 0.6 is 23.3 Å². The number of methoxy groups -OCH3 is 1. The molecule has 0 atom stereocenters. The predicted octanol–water partition coefficient (Wildman–Crippen LogP) is 5.04. The average molecular weight is 408 g/mol. The number of carbonyl (C=O) groups excluding carboxylic acids is 1. The number of rotatable bonds is 7. The van der Waals surface area contributed by atoms with Gasteiger partial charge in [-0.1, -0.05) is 48.2 Å². The first-order chi connectivity index (χ1) is 13.7. The molecule has 140 valence electrons. The number of carbonyl (C=O) groups is 1. The van der Waals surface area contributed by atoms with E-state index in [-0.39, 0.29) is 5.97 Å². The Labute approximate surface area is 171 Å². The lowest BCUT2D eigenvalue weighted by molar-refractivity contribution is 0.0600. The minimum Gasteiger partial charge on any atom is -0.465 e. The standard InChI is InChI=1S/C21H17N3O2S2/c1-26-21(25)17-10-6-5-7-15(17)14-27-20-18(13-22)19(28-24-20)11-12-23-16-8-3-2-4-9-16/h2-10,12H,11,14H2,1H3. The number of aromatic nitrogens is 1. The molecule has 28 heavy (non-hydrogen) atoms. The van der Waals surface area contributed by atoms with Crippen molar-refractivity contribution < 1.29 is 9.53 Å². The van der Waals surface area contributed by atoms with Crippen molar-refractivity contribution in [3.8, 4) is 6.07 Å². The van der Waals surface area contributed by atoms with Gasteiger partial charge in [0.15, 0.2) is 0 Å². The Balaban J connectivity index is 1.70.